The Labute approximate surface area is 211 Å². The molecule has 0 aliphatic heterocycles. The van der Waals surface area contributed by atoms with Gasteiger partial charge in [0.1, 0.15) is 0 Å². The number of nitrogens with zero attached hydrogens (tertiary/aromatic N) is 6. The molecule has 0 amide bonds. The molecular formula is C28H35N7O. The van der Waals surface area contributed by atoms with Gasteiger partial charge in [-0.25, -0.2) is 9.89 Å². The topological polar surface area (TPSA) is 94.3 Å². The van der Waals surface area contributed by atoms with E-state index in [2.05, 4.69) is 77.7 Å². The third-order valence-electron chi connectivity index (χ3n) is 7.53. The number of aromatic amines is 1. The van der Waals surface area contributed by atoms with Gasteiger partial charge in [-0.15, -0.1) is 5.10 Å². The molecule has 2 atom stereocenters. The molecule has 0 radical (unpaired) electrons. The van der Waals surface area contributed by atoms with E-state index in [0.717, 1.165) is 53.8 Å². The monoisotopic (exact) mass is 485 g/mol. The molecule has 5 rings (SSSR count). The van der Waals surface area contributed by atoms with Gasteiger partial charge in [0.05, 0.1) is 12.2 Å². The first-order chi connectivity index (χ1) is 17.3. The molecular weight excluding hydrogens is 450 g/mol. The third kappa shape index (κ3) is 4.76. The SMILES string of the molecule is CCCCc1cn(C2CCC2C(C)(C)C)c(=O)n1Cc1cc(-c2cccc(-c3nnn[nH]3)c2)ccn1. The number of aromatic nitrogens is 7. The Balaban J connectivity index is 1.45. The summed E-state index contributed by atoms with van der Waals surface area (Å²) in [6, 6.07) is 12.4. The van der Waals surface area contributed by atoms with Crippen molar-refractivity contribution < 1.29 is 0 Å². The highest BCUT2D eigenvalue weighted by Gasteiger charge is 2.41. The molecule has 4 aromatic rings. The van der Waals surface area contributed by atoms with Crippen LogP contribution in [-0.2, 0) is 13.0 Å². The van der Waals surface area contributed by atoms with Gasteiger partial charge in [0.25, 0.3) is 0 Å². The molecule has 3 heterocycles. The van der Waals surface area contributed by atoms with Gasteiger partial charge >= 0.3 is 5.69 Å². The molecule has 1 saturated carbocycles. The van der Waals surface area contributed by atoms with Crippen LogP contribution in [0, 0.1) is 11.3 Å². The summed E-state index contributed by atoms with van der Waals surface area (Å²) in [7, 11) is 0. The quantitative estimate of drug-likeness (QED) is 0.366. The van der Waals surface area contributed by atoms with E-state index in [-0.39, 0.29) is 17.1 Å². The summed E-state index contributed by atoms with van der Waals surface area (Å²) in [5.41, 5.74) is 5.27. The number of rotatable bonds is 8. The van der Waals surface area contributed by atoms with Gasteiger partial charge in [0.15, 0.2) is 5.82 Å². The molecule has 3 aromatic heterocycles. The molecule has 188 valence electrons. The summed E-state index contributed by atoms with van der Waals surface area (Å²) in [4.78, 5) is 18.3. The zero-order valence-corrected chi connectivity index (χ0v) is 21.6. The van der Waals surface area contributed by atoms with Crippen molar-refractivity contribution in [1.82, 2.24) is 34.7 Å². The van der Waals surface area contributed by atoms with Crippen LogP contribution in [0.2, 0.25) is 0 Å². The van der Waals surface area contributed by atoms with Crippen LogP contribution in [0.25, 0.3) is 22.5 Å². The molecule has 1 N–H and O–H groups in total. The summed E-state index contributed by atoms with van der Waals surface area (Å²) in [5.74, 6) is 1.16. The minimum absolute atomic E-state index is 0.0899. The number of nitrogens with one attached hydrogen (secondary N) is 1. The Bertz CT molecular complexity index is 1380. The van der Waals surface area contributed by atoms with Crippen molar-refractivity contribution in [2.24, 2.45) is 11.3 Å². The predicted molar refractivity (Wildman–Crippen MR) is 140 cm³/mol. The number of hydrogen-bond donors (Lipinski definition) is 1. The van der Waals surface area contributed by atoms with Gasteiger partial charge in [0, 0.05) is 29.7 Å². The number of imidazole rings is 1. The van der Waals surface area contributed by atoms with Crippen LogP contribution in [-0.4, -0.2) is 34.7 Å². The first kappa shape index (κ1) is 24.2. The summed E-state index contributed by atoms with van der Waals surface area (Å²) in [6.45, 7) is 9.51. The third-order valence-corrected chi connectivity index (χ3v) is 7.53. The van der Waals surface area contributed by atoms with Gasteiger partial charge in [-0.3, -0.25) is 14.1 Å². The normalized spacial score (nSPS) is 17.8. The summed E-state index contributed by atoms with van der Waals surface area (Å²) >= 11 is 0. The minimum Gasteiger partial charge on any atom is -0.296 e. The number of tetrazole rings is 1. The number of aryl methyl sites for hydroxylation is 1. The second-order valence-corrected chi connectivity index (χ2v) is 11.0. The summed E-state index contributed by atoms with van der Waals surface area (Å²) in [6.07, 6.45) is 9.26. The van der Waals surface area contributed by atoms with E-state index >= 15 is 0 Å². The highest BCUT2D eigenvalue weighted by molar-refractivity contribution is 5.70. The van der Waals surface area contributed by atoms with E-state index in [9.17, 15) is 4.79 Å². The van der Waals surface area contributed by atoms with E-state index in [0.29, 0.717) is 18.3 Å². The van der Waals surface area contributed by atoms with Crippen molar-refractivity contribution >= 4 is 0 Å². The largest absolute Gasteiger partial charge is 0.328 e. The lowest BCUT2D eigenvalue weighted by Crippen LogP contribution is -2.42. The maximum atomic E-state index is 13.7. The predicted octanol–water partition coefficient (Wildman–Crippen LogP) is 5.28. The van der Waals surface area contributed by atoms with E-state index in [1.54, 1.807) is 0 Å². The standard InChI is InChI=1S/C28H35N7O/c1-5-6-10-23-18-35(25-12-11-24(25)28(2,3)4)27(36)34(23)17-22-16-20(13-14-29-22)19-8-7-9-21(15-19)26-30-32-33-31-26/h7-9,13-16,18,24-25H,5-6,10-12,17H2,1-4H3,(H,30,31,32,33). The lowest BCUT2D eigenvalue weighted by Gasteiger charge is -2.45. The lowest BCUT2D eigenvalue weighted by atomic mass is 9.65. The van der Waals surface area contributed by atoms with E-state index in [1.807, 2.05) is 33.5 Å². The molecule has 8 nitrogen and oxygen atoms in total. The number of benzene rings is 1. The Hall–Kier alpha value is -3.55. The fraction of sp³-hybridized carbons (Fsp3) is 0.464. The summed E-state index contributed by atoms with van der Waals surface area (Å²) < 4.78 is 3.96. The van der Waals surface area contributed by atoms with Gasteiger partial charge in [-0.1, -0.05) is 52.3 Å². The Morgan fingerprint density at radius 1 is 1.08 bits per heavy atom. The Morgan fingerprint density at radius 3 is 2.58 bits per heavy atom. The van der Waals surface area contributed by atoms with Gasteiger partial charge < -0.3 is 0 Å². The number of H-pyrrole nitrogens is 1. The molecule has 1 fully saturated rings. The van der Waals surface area contributed by atoms with E-state index in [1.165, 1.54) is 6.42 Å². The van der Waals surface area contributed by atoms with Crippen molar-refractivity contribution in [2.45, 2.75) is 72.4 Å². The van der Waals surface area contributed by atoms with Crippen molar-refractivity contribution in [1.29, 1.82) is 0 Å². The number of unbranched alkanes of at least 4 members (excludes halogenated alkanes) is 1. The first-order valence-corrected chi connectivity index (χ1v) is 12.9. The molecule has 1 aromatic carbocycles. The van der Waals surface area contributed by atoms with Gasteiger partial charge in [-0.05, 0) is 76.8 Å². The summed E-state index contributed by atoms with van der Waals surface area (Å²) in [5, 5.41) is 14.2. The second-order valence-electron chi connectivity index (χ2n) is 11.0. The molecule has 0 bridgehead atoms. The van der Waals surface area contributed by atoms with Crippen LogP contribution in [0.1, 0.15) is 70.8 Å². The Kier molecular flexibility index (Phi) is 6.60. The van der Waals surface area contributed by atoms with Crippen LogP contribution in [0.15, 0.2) is 53.6 Å². The van der Waals surface area contributed by atoms with E-state index < -0.39 is 0 Å². The van der Waals surface area contributed by atoms with Crippen LogP contribution >= 0.6 is 0 Å². The Morgan fingerprint density at radius 2 is 1.89 bits per heavy atom. The fourth-order valence-corrected chi connectivity index (χ4v) is 5.37. The van der Waals surface area contributed by atoms with Crippen molar-refractivity contribution in [3.05, 3.63) is 70.7 Å². The molecule has 2 unspecified atom stereocenters. The average Bonchev–Trinajstić information content (AvgIpc) is 3.46. The maximum Gasteiger partial charge on any atom is 0.328 e. The highest BCUT2D eigenvalue weighted by atomic mass is 16.1. The molecule has 1 aliphatic rings. The van der Waals surface area contributed by atoms with Crippen molar-refractivity contribution in [3.63, 3.8) is 0 Å². The van der Waals surface area contributed by atoms with Gasteiger partial charge in [0.2, 0.25) is 0 Å². The average molecular weight is 486 g/mol. The molecule has 0 saturated heterocycles. The zero-order chi connectivity index (χ0) is 25.3. The molecule has 1 aliphatic carbocycles. The number of pyridine rings is 1. The first-order valence-electron chi connectivity index (χ1n) is 12.9. The maximum absolute atomic E-state index is 13.7. The van der Waals surface area contributed by atoms with Crippen molar-refractivity contribution in [3.8, 4) is 22.5 Å². The smallest absolute Gasteiger partial charge is 0.296 e. The lowest BCUT2D eigenvalue weighted by molar-refractivity contribution is 0.0616. The van der Waals surface area contributed by atoms with E-state index in [4.69, 9.17) is 0 Å². The van der Waals surface area contributed by atoms with Crippen LogP contribution in [0.4, 0.5) is 0 Å². The number of hydrogen-bond acceptors (Lipinski definition) is 5. The molecule has 36 heavy (non-hydrogen) atoms. The minimum atomic E-state index is 0.0899. The second kappa shape index (κ2) is 9.84. The van der Waals surface area contributed by atoms with Crippen LogP contribution in [0.5, 0.6) is 0 Å². The van der Waals surface area contributed by atoms with Crippen molar-refractivity contribution in [2.75, 3.05) is 0 Å². The highest BCUT2D eigenvalue weighted by Crippen LogP contribution is 2.48. The van der Waals surface area contributed by atoms with Crippen LogP contribution in [0.3, 0.4) is 0 Å². The van der Waals surface area contributed by atoms with Crippen LogP contribution < -0.4 is 5.69 Å². The van der Waals surface area contributed by atoms with Gasteiger partial charge in [-0.2, -0.15) is 0 Å². The molecule has 0 spiro atoms. The molecule has 8 heteroatoms. The fourth-order valence-electron chi connectivity index (χ4n) is 5.37. The zero-order valence-electron chi connectivity index (χ0n) is 21.6.